The van der Waals surface area contributed by atoms with E-state index in [9.17, 15) is 4.79 Å². The van der Waals surface area contributed by atoms with E-state index in [1.54, 1.807) is 11.8 Å². The van der Waals surface area contributed by atoms with E-state index in [1.165, 1.54) is 6.92 Å². The van der Waals surface area contributed by atoms with Crippen LogP contribution in [0.1, 0.15) is 12.5 Å². The first kappa shape index (κ1) is 13.7. The lowest BCUT2D eigenvalue weighted by molar-refractivity contribution is -0.140. The topological polar surface area (TPSA) is 26.3 Å². The summed E-state index contributed by atoms with van der Waals surface area (Å²) in [5.41, 5.74) is 0.929. The first-order valence-corrected chi connectivity index (χ1v) is 6.66. The molecular formula is C11H12Cl2O2S. The monoisotopic (exact) mass is 278 g/mol. The summed E-state index contributed by atoms with van der Waals surface area (Å²) in [4.78, 5) is 10.5. The number of halogens is 2. The normalized spacial score (nSPS) is 10.2. The van der Waals surface area contributed by atoms with Crippen molar-refractivity contribution in [2.45, 2.75) is 12.7 Å². The van der Waals surface area contributed by atoms with Crippen molar-refractivity contribution in [2.75, 3.05) is 12.4 Å². The molecule has 5 heteroatoms. The van der Waals surface area contributed by atoms with Crippen molar-refractivity contribution in [3.05, 3.63) is 33.8 Å². The van der Waals surface area contributed by atoms with E-state index in [4.69, 9.17) is 27.9 Å². The highest BCUT2D eigenvalue weighted by Gasteiger charge is 2.05. The SMILES string of the molecule is CC(=O)OCCSCc1c(Cl)cccc1Cl. The molecular weight excluding hydrogens is 267 g/mol. The smallest absolute Gasteiger partial charge is 0.302 e. The molecule has 1 aromatic carbocycles. The lowest BCUT2D eigenvalue weighted by atomic mass is 10.2. The van der Waals surface area contributed by atoms with Crippen LogP contribution in [-0.2, 0) is 15.3 Å². The second-order valence-electron chi connectivity index (χ2n) is 3.09. The minimum Gasteiger partial charge on any atom is -0.465 e. The van der Waals surface area contributed by atoms with E-state index in [0.29, 0.717) is 16.7 Å². The van der Waals surface area contributed by atoms with Gasteiger partial charge in [-0.3, -0.25) is 4.79 Å². The third-order valence-electron chi connectivity index (χ3n) is 1.84. The fraction of sp³-hybridized carbons (Fsp3) is 0.364. The Morgan fingerprint density at radius 3 is 2.56 bits per heavy atom. The van der Waals surface area contributed by atoms with Crippen LogP contribution in [0.3, 0.4) is 0 Å². The molecule has 0 aliphatic heterocycles. The van der Waals surface area contributed by atoms with Crippen LogP contribution in [0.4, 0.5) is 0 Å². The Bertz CT molecular complexity index is 349. The highest BCUT2D eigenvalue weighted by Crippen LogP contribution is 2.27. The number of thioether (sulfide) groups is 1. The summed E-state index contributed by atoms with van der Waals surface area (Å²) in [6.45, 7) is 1.82. The number of rotatable bonds is 5. The summed E-state index contributed by atoms with van der Waals surface area (Å²) >= 11 is 13.6. The fourth-order valence-electron chi connectivity index (χ4n) is 1.09. The molecule has 0 radical (unpaired) electrons. The zero-order valence-corrected chi connectivity index (χ0v) is 11.2. The molecule has 0 saturated carbocycles. The highest BCUT2D eigenvalue weighted by atomic mass is 35.5. The lowest BCUT2D eigenvalue weighted by Gasteiger charge is -2.06. The third kappa shape index (κ3) is 4.64. The van der Waals surface area contributed by atoms with Gasteiger partial charge in [0.15, 0.2) is 0 Å². The number of hydrogen-bond acceptors (Lipinski definition) is 3. The molecule has 0 bridgehead atoms. The molecule has 1 aromatic rings. The van der Waals surface area contributed by atoms with Crippen LogP contribution < -0.4 is 0 Å². The summed E-state index contributed by atoms with van der Waals surface area (Å²) in [5, 5.41) is 1.35. The van der Waals surface area contributed by atoms with Crippen LogP contribution in [0.5, 0.6) is 0 Å². The van der Waals surface area contributed by atoms with E-state index < -0.39 is 0 Å². The first-order chi connectivity index (χ1) is 7.61. The summed E-state index contributed by atoms with van der Waals surface area (Å²) in [5.74, 6) is 1.21. The van der Waals surface area contributed by atoms with Crippen molar-refractivity contribution in [3.8, 4) is 0 Å². The van der Waals surface area contributed by atoms with Gasteiger partial charge >= 0.3 is 5.97 Å². The molecule has 0 fully saturated rings. The van der Waals surface area contributed by atoms with E-state index in [-0.39, 0.29) is 5.97 Å². The van der Waals surface area contributed by atoms with Crippen LogP contribution in [-0.4, -0.2) is 18.3 Å². The van der Waals surface area contributed by atoms with Crippen molar-refractivity contribution >= 4 is 40.9 Å². The maximum atomic E-state index is 10.5. The summed E-state index contributed by atoms with van der Waals surface area (Å²) in [6.07, 6.45) is 0. The molecule has 0 aromatic heterocycles. The molecule has 88 valence electrons. The van der Waals surface area contributed by atoms with Crippen LogP contribution in [0.15, 0.2) is 18.2 Å². The number of carbonyl (C=O) groups excluding carboxylic acids is 1. The number of carbonyl (C=O) groups is 1. The largest absolute Gasteiger partial charge is 0.465 e. The van der Waals surface area contributed by atoms with E-state index in [1.807, 2.05) is 18.2 Å². The van der Waals surface area contributed by atoms with Gasteiger partial charge in [-0.15, -0.1) is 0 Å². The van der Waals surface area contributed by atoms with Gasteiger partial charge in [0, 0.05) is 28.5 Å². The Kier molecular flexibility index (Phi) is 6.03. The van der Waals surface area contributed by atoms with E-state index in [0.717, 1.165) is 17.1 Å². The molecule has 0 aliphatic rings. The zero-order chi connectivity index (χ0) is 12.0. The highest BCUT2D eigenvalue weighted by molar-refractivity contribution is 7.98. The maximum absolute atomic E-state index is 10.5. The Morgan fingerprint density at radius 1 is 1.38 bits per heavy atom. The van der Waals surface area contributed by atoms with Gasteiger partial charge in [0.2, 0.25) is 0 Å². The molecule has 16 heavy (non-hydrogen) atoms. The number of hydrogen-bond donors (Lipinski definition) is 0. The molecule has 0 N–H and O–H groups in total. The van der Waals surface area contributed by atoms with Crippen molar-refractivity contribution in [3.63, 3.8) is 0 Å². The predicted octanol–water partition coefficient (Wildman–Crippen LogP) is 3.79. The van der Waals surface area contributed by atoms with Crippen LogP contribution in [0, 0.1) is 0 Å². The molecule has 0 aliphatic carbocycles. The first-order valence-electron chi connectivity index (χ1n) is 4.75. The average molecular weight is 279 g/mol. The fourth-order valence-corrected chi connectivity index (χ4v) is 2.64. The number of benzene rings is 1. The van der Waals surface area contributed by atoms with Crippen LogP contribution in [0.2, 0.25) is 10.0 Å². The molecule has 0 unspecified atom stereocenters. The second kappa shape index (κ2) is 7.05. The van der Waals surface area contributed by atoms with Crippen molar-refractivity contribution in [1.82, 2.24) is 0 Å². The molecule has 0 heterocycles. The average Bonchev–Trinajstić information content (AvgIpc) is 2.21. The minimum atomic E-state index is -0.253. The maximum Gasteiger partial charge on any atom is 0.302 e. The molecule has 0 amide bonds. The lowest BCUT2D eigenvalue weighted by Crippen LogP contribution is -2.02. The van der Waals surface area contributed by atoms with Crippen LogP contribution in [0.25, 0.3) is 0 Å². The summed E-state index contributed by atoms with van der Waals surface area (Å²) < 4.78 is 4.81. The Hall–Kier alpha value is -0.380. The minimum absolute atomic E-state index is 0.253. The molecule has 1 rings (SSSR count). The van der Waals surface area contributed by atoms with Crippen molar-refractivity contribution in [2.24, 2.45) is 0 Å². The van der Waals surface area contributed by atoms with Gasteiger partial charge in [-0.2, -0.15) is 11.8 Å². The Balaban J connectivity index is 2.34. The molecule has 0 spiro atoms. The third-order valence-corrected chi connectivity index (χ3v) is 3.50. The van der Waals surface area contributed by atoms with Gasteiger partial charge in [0.25, 0.3) is 0 Å². The van der Waals surface area contributed by atoms with Gasteiger partial charge < -0.3 is 4.74 Å². The van der Waals surface area contributed by atoms with Gasteiger partial charge in [-0.25, -0.2) is 0 Å². The van der Waals surface area contributed by atoms with Crippen molar-refractivity contribution < 1.29 is 9.53 Å². The van der Waals surface area contributed by atoms with Gasteiger partial charge in [-0.05, 0) is 17.7 Å². The molecule has 0 atom stereocenters. The van der Waals surface area contributed by atoms with Gasteiger partial charge in [0.1, 0.15) is 6.61 Å². The van der Waals surface area contributed by atoms with Crippen molar-refractivity contribution in [1.29, 1.82) is 0 Å². The quantitative estimate of drug-likeness (QED) is 0.606. The Morgan fingerprint density at radius 2 is 2.00 bits per heavy atom. The second-order valence-corrected chi connectivity index (χ2v) is 5.01. The zero-order valence-electron chi connectivity index (χ0n) is 8.83. The number of ether oxygens (including phenoxy) is 1. The molecule has 0 saturated heterocycles. The summed E-state index contributed by atoms with van der Waals surface area (Å²) in [6, 6.07) is 5.45. The van der Waals surface area contributed by atoms with E-state index in [2.05, 4.69) is 0 Å². The summed E-state index contributed by atoms with van der Waals surface area (Å²) in [7, 11) is 0. The standard InChI is InChI=1S/C11H12Cl2O2S/c1-8(14)15-5-6-16-7-9-10(12)3-2-4-11(9)13/h2-4H,5-7H2,1H3. The number of esters is 1. The Labute approximate surface area is 109 Å². The van der Waals surface area contributed by atoms with E-state index >= 15 is 0 Å². The molecule has 2 nitrogen and oxygen atoms in total. The van der Waals surface area contributed by atoms with Gasteiger partial charge in [0.05, 0.1) is 0 Å². The predicted molar refractivity (Wildman–Crippen MR) is 69.3 cm³/mol. The van der Waals surface area contributed by atoms with Gasteiger partial charge in [-0.1, -0.05) is 29.3 Å². The van der Waals surface area contributed by atoms with Crippen LogP contribution >= 0.6 is 35.0 Å².